The number of para-hydroxylation sites is 1. The van der Waals surface area contributed by atoms with Gasteiger partial charge in [-0.15, -0.1) is 0 Å². The first-order valence-electron chi connectivity index (χ1n) is 14.4. The van der Waals surface area contributed by atoms with Gasteiger partial charge in [0.15, 0.2) is 5.78 Å². The number of ketones is 1. The highest BCUT2D eigenvalue weighted by Gasteiger charge is 2.69. The van der Waals surface area contributed by atoms with Crippen molar-refractivity contribution < 1.29 is 23.9 Å². The third kappa shape index (κ3) is 4.34. The molecule has 5 unspecified atom stereocenters. The van der Waals surface area contributed by atoms with Crippen LogP contribution in [0.5, 0.6) is 5.75 Å². The second-order valence-electron chi connectivity index (χ2n) is 11.4. The Morgan fingerprint density at radius 3 is 2.49 bits per heavy atom. The molecule has 2 bridgehead atoms. The zero-order valence-electron chi connectivity index (χ0n) is 23.5. The summed E-state index contributed by atoms with van der Waals surface area (Å²) in [7, 11) is 1.61. The van der Waals surface area contributed by atoms with E-state index in [1.54, 1.807) is 14.0 Å². The summed E-state index contributed by atoms with van der Waals surface area (Å²) in [6.45, 7) is 2.38. The highest BCUT2D eigenvalue weighted by Crippen LogP contribution is 2.65. The number of benzene rings is 3. The minimum absolute atomic E-state index is 0.00278. The lowest BCUT2D eigenvalue weighted by Crippen LogP contribution is -2.70. The Labute approximate surface area is 240 Å². The summed E-state index contributed by atoms with van der Waals surface area (Å²) in [6.07, 6.45) is 1.58. The van der Waals surface area contributed by atoms with Crippen LogP contribution in [0.15, 0.2) is 78.9 Å². The number of carbonyl (C=O) groups is 3. The fourth-order valence-corrected chi connectivity index (χ4v) is 8.11. The van der Waals surface area contributed by atoms with Gasteiger partial charge in [0.25, 0.3) is 0 Å². The van der Waals surface area contributed by atoms with Crippen LogP contribution in [0.1, 0.15) is 54.4 Å². The first-order valence-corrected chi connectivity index (χ1v) is 14.4. The lowest BCUT2D eigenvalue weighted by atomic mass is 9.43. The van der Waals surface area contributed by atoms with Crippen LogP contribution >= 0.6 is 0 Å². The van der Waals surface area contributed by atoms with Crippen molar-refractivity contribution in [3.8, 4) is 5.75 Å². The molecular weight excluding hydrogens is 516 g/mol. The molecule has 0 aromatic heterocycles. The van der Waals surface area contributed by atoms with Crippen molar-refractivity contribution in [2.75, 3.05) is 20.3 Å². The zero-order valence-corrected chi connectivity index (χ0v) is 23.5. The SMILES string of the molecule is CCOC(=O)CC(=O)NC12CNC(C(=O)Cc3ccccc3OC)C1C1(c3ccccc3)CCC2c2ccccc21. The Balaban J connectivity index is 1.48. The molecule has 2 fully saturated rings. The van der Waals surface area contributed by atoms with E-state index in [1.807, 2.05) is 48.5 Å². The van der Waals surface area contributed by atoms with Gasteiger partial charge in [-0.2, -0.15) is 0 Å². The van der Waals surface area contributed by atoms with Gasteiger partial charge in [0.05, 0.1) is 25.3 Å². The number of fused-ring (bicyclic) bond motifs is 1. The van der Waals surface area contributed by atoms with Gasteiger partial charge in [0.1, 0.15) is 12.2 Å². The molecular formula is C34H36N2O5. The number of methoxy groups -OCH3 is 1. The van der Waals surface area contributed by atoms with Crippen LogP contribution in [-0.4, -0.2) is 49.5 Å². The maximum absolute atomic E-state index is 14.3. The molecule has 7 heteroatoms. The second kappa shape index (κ2) is 10.8. The zero-order chi connectivity index (χ0) is 28.6. The number of esters is 1. The number of hydrogen-bond acceptors (Lipinski definition) is 6. The van der Waals surface area contributed by atoms with E-state index in [0.29, 0.717) is 12.3 Å². The molecule has 3 aromatic rings. The summed E-state index contributed by atoms with van der Waals surface area (Å²) in [5.41, 5.74) is 3.14. The molecule has 1 saturated heterocycles. The van der Waals surface area contributed by atoms with Crippen molar-refractivity contribution in [1.29, 1.82) is 0 Å². The van der Waals surface area contributed by atoms with Gasteiger partial charge in [0.2, 0.25) is 5.91 Å². The van der Waals surface area contributed by atoms with Crippen LogP contribution in [0.4, 0.5) is 0 Å². The number of hydrogen-bond donors (Lipinski definition) is 2. The number of rotatable bonds is 9. The molecule has 2 N–H and O–H groups in total. The van der Waals surface area contributed by atoms with E-state index < -0.39 is 23.0 Å². The van der Waals surface area contributed by atoms with E-state index in [0.717, 1.165) is 24.0 Å². The summed E-state index contributed by atoms with van der Waals surface area (Å²) >= 11 is 0. The maximum Gasteiger partial charge on any atom is 0.315 e. The molecule has 3 aliphatic carbocycles. The number of amides is 1. The van der Waals surface area contributed by atoms with E-state index in [2.05, 4.69) is 41.0 Å². The quantitative estimate of drug-likeness (QED) is 0.307. The minimum Gasteiger partial charge on any atom is -0.496 e. The summed E-state index contributed by atoms with van der Waals surface area (Å²) in [5, 5.41) is 6.93. The summed E-state index contributed by atoms with van der Waals surface area (Å²) in [4.78, 5) is 40.1. The van der Waals surface area contributed by atoms with Gasteiger partial charge in [-0.25, -0.2) is 0 Å². The molecule has 41 heavy (non-hydrogen) atoms. The highest BCUT2D eigenvalue weighted by atomic mass is 16.5. The minimum atomic E-state index is -0.757. The lowest BCUT2D eigenvalue weighted by Gasteiger charge is -2.62. The van der Waals surface area contributed by atoms with Crippen molar-refractivity contribution in [3.63, 3.8) is 0 Å². The fraction of sp³-hybridized carbons (Fsp3) is 0.382. The fourth-order valence-electron chi connectivity index (χ4n) is 8.11. The molecule has 5 atom stereocenters. The average molecular weight is 553 g/mol. The molecule has 212 valence electrons. The Hall–Kier alpha value is -3.97. The summed E-state index contributed by atoms with van der Waals surface area (Å²) in [6, 6.07) is 26.0. The molecule has 3 aromatic carbocycles. The smallest absolute Gasteiger partial charge is 0.315 e. The number of nitrogens with one attached hydrogen (secondary N) is 2. The molecule has 7 nitrogen and oxygen atoms in total. The van der Waals surface area contributed by atoms with E-state index in [-0.39, 0.29) is 43.0 Å². The number of ether oxygens (including phenoxy) is 2. The van der Waals surface area contributed by atoms with Gasteiger partial charge < -0.3 is 20.1 Å². The van der Waals surface area contributed by atoms with Crippen molar-refractivity contribution >= 4 is 17.7 Å². The van der Waals surface area contributed by atoms with Crippen LogP contribution in [0.2, 0.25) is 0 Å². The van der Waals surface area contributed by atoms with Crippen molar-refractivity contribution in [3.05, 3.63) is 101 Å². The molecule has 1 amide bonds. The predicted molar refractivity (Wildman–Crippen MR) is 155 cm³/mol. The first kappa shape index (κ1) is 27.2. The Morgan fingerprint density at radius 2 is 1.71 bits per heavy atom. The van der Waals surface area contributed by atoms with Crippen LogP contribution in [-0.2, 0) is 31.0 Å². The molecule has 0 radical (unpaired) electrons. The topological polar surface area (TPSA) is 93.7 Å². The standard InChI is InChI=1S/C34H36N2O5/c1-3-41-30(39)20-29(38)36-34-21-35-31(27(37)19-22-11-7-10-16-28(22)40-2)32(34)33(23-12-5-4-6-13-23)18-17-26(34)24-14-8-9-15-25(24)33/h4-16,26,31-32,35H,3,17-21H2,1-2H3,(H,36,38). The predicted octanol–water partition coefficient (Wildman–Crippen LogP) is 4.08. The van der Waals surface area contributed by atoms with Gasteiger partial charge in [0, 0.05) is 35.8 Å². The Kier molecular flexibility index (Phi) is 7.16. The van der Waals surface area contributed by atoms with Crippen molar-refractivity contribution in [2.24, 2.45) is 5.92 Å². The first-order chi connectivity index (χ1) is 19.9. The van der Waals surface area contributed by atoms with Gasteiger partial charge in [-0.1, -0.05) is 72.8 Å². The molecule has 7 rings (SSSR count). The lowest BCUT2D eigenvalue weighted by molar-refractivity contribution is -0.147. The van der Waals surface area contributed by atoms with Gasteiger partial charge >= 0.3 is 5.97 Å². The van der Waals surface area contributed by atoms with E-state index >= 15 is 0 Å². The molecule has 1 aliphatic heterocycles. The largest absolute Gasteiger partial charge is 0.496 e. The van der Waals surface area contributed by atoms with Crippen LogP contribution in [0, 0.1) is 5.92 Å². The average Bonchev–Trinajstić information content (AvgIpc) is 3.40. The summed E-state index contributed by atoms with van der Waals surface area (Å²) < 4.78 is 10.6. The van der Waals surface area contributed by atoms with Crippen LogP contribution in [0.25, 0.3) is 0 Å². The van der Waals surface area contributed by atoms with Crippen LogP contribution < -0.4 is 15.4 Å². The summed E-state index contributed by atoms with van der Waals surface area (Å²) in [5.74, 6) is -0.452. The van der Waals surface area contributed by atoms with E-state index in [9.17, 15) is 14.4 Å². The normalized spacial score (nSPS) is 27.4. The van der Waals surface area contributed by atoms with Crippen LogP contribution in [0.3, 0.4) is 0 Å². The van der Waals surface area contributed by atoms with Crippen molar-refractivity contribution in [1.82, 2.24) is 10.6 Å². The Bertz CT molecular complexity index is 1470. The van der Waals surface area contributed by atoms with Gasteiger partial charge in [-0.05, 0) is 42.5 Å². The van der Waals surface area contributed by atoms with E-state index in [4.69, 9.17) is 9.47 Å². The van der Waals surface area contributed by atoms with Gasteiger partial charge in [-0.3, -0.25) is 14.4 Å². The molecule has 0 spiro atoms. The molecule has 4 aliphatic rings. The third-order valence-electron chi connectivity index (χ3n) is 9.48. The maximum atomic E-state index is 14.3. The molecule has 1 heterocycles. The Morgan fingerprint density at radius 1 is 0.976 bits per heavy atom. The molecule has 1 saturated carbocycles. The third-order valence-corrected chi connectivity index (χ3v) is 9.48. The second-order valence-corrected chi connectivity index (χ2v) is 11.4. The van der Waals surface area contributed by atoms with E-state index in [1.165, 1.54) is 11.1 Å². The number of Topliss-reactive ketones (excluding diaryl/α,β-unsaturated/α-hetero) is 1. The monoisotopic (exact) mass is 552 g/mol. The highest BCUT2D eigenvalue weighted by molar-refractivity contribution is 5.95. The number of carbonyl (C=O) groups excluding carboxylic acids is 3. The van der Waals surface area contributed by atoms with Crippen molar-refractivity contribution in [2.45, 2.75) is 55.5 Å².